The van der Waals surface area contributed by atoms with Gasteiger partial charge in [0.1, 0.15) is 0 Å². The van der Waals surface area contributed by atoms with Crippen LogP contribution < -0.4 is 16.0 Å². The fourth-order valence-electron chi connectivity index (χ4n) is 2.16. The van der Waals surface area contributed by atoms with Crippen molar-refractivity contribution in [1.29, 1.82) is 0 Å². The van der Waals surface area contributed by atoms with Gasteiger partial charge >= 0.3 is 0 Å². The summed E-state index contributed by atoms with van der Waals surface area (Å²) in [5.41, 5.74) is 0. The van der Waals surface area contributed by atoms with Crippen molar-refractivity contribution in [3.63, 3.8) is 0 Å². The predicted octanol–water partition coefficient (Wildman–Crippen LogP) is 1.70. The second-order valence-corrected chi connectivity index (χ2v) is 6.72. The molecule has 0 aliphatic rings. The number of carbonyl (C=O) groups excluding carboxylic acids is 3. The Morgan fingerprint density at radius 3 is 2.44 bits per heavy atom. The molecule has 1 atom stereocenters. The topological polar surface area (TPSA) is 100 Å². The molecule has 2 rings (SSSR count). The number of thiophene rings is 1. The summed E-state index contributed by atoms with van der Waals surface area (Å²) in [7, 11) is 0. The molecule has 25 heavy (non-hydrogen) atoms. The van der Waals surface area contributed by atoms with Crippen molar-refractivity contribution in [2.45, 2.75) is 19.9 Å². The minimum Gasteiger partial charge on any atom is -0.459 e. The number of rotatable bonds is 8. The van der Waals surface area contributed by atoms with Crippen LogP contribution >= 0.6 is 11.3 Å². The van der Waals surface area contributed by atoms with Crippen LogP contribution in [0.1, 0.15) is 35.3 Å². The molecule has 2 aromatic rings. The molecule has 8 heteroatoms. The molecule has 0 fully saturated rings. The minimum absolute atomic E-state index is 0.0944. The number of carbonyl (C=O) groups is 3. The molecule has 3 N–H and O–H groups in total. The van der Waals surface area contributed by atoms with Gasteiger partial charge in [0.15, 0.2) is 5.76 Å². The van der Waals surface area contributed by atoms with E-state index in [9.17, 15) is 14.4 Å². The summed E-state index contributed by atoms with van der Waals surface area (Å²) in [6, 6.07) is 6.89. The van der Waals surface area contributed by atoms with E-state index in [1.54, 1.807) is 17.4 Å². The van der Waals surface area contributed by atoms with Gasteiger partial charge < -0.3 is 20.4 Å². The highest BCUT2D eigenvalue weighted by molar-refractivity contribution is 7.10. The van der Waals surface area contributed by atoms with Gasteiger partial charge in [-0.3, -0.25) is 14.4 Å². The van der Waals surface area contributed by atoms with Crippen LogP contribution in [0.5, 0.6) is 0 Å². The lowest BCUT2D eigenvalue weighted by Gasteiger charge is -2.21. The third-order valence-electron chi connectivity index (χ3n) is 3.43. The third kappa shape index (κ3) is 5.75. The molecule has 2 heterocycles. The largest absolute Gasteiger partial charge is 0.459 e. The lowest BCUT2D eigenvalue weighted by molar-refractivity contribution is -0.126. The van der Waals surface area contributed by atoms with Crippen molar-refractivity contribution in [3.05, 3.63) is 46.5 Å². The van der Waals surface area contributed by atoms with Crippen LogP contribution in [0.2, 0.25) is 0 Å². The molecule has 0 saturated carbocycles. The van der Waals surface area contributed by atoms with E-state index in [-0.39, 0.29) is 36.7 Å². The Labute approximate surface area is 149 Å². The standard InChI is InChI=1S/C17H21N3O4S/c1-11(2)16(13-6-4-8-25-13)20-15(22)10-18-14(21)9-19-17(23)12-5-3-7-24-12/h3-8,11,16H,9-10H2,1-2H3,(H,18,21)(H,19,23)(H,20,22)/t16-/m1/s1. The Balaban J connectivity index is 1.73. The SMILES string of the molecule is CC(C)[C@@H](NC(=O)CNC(=O)CNC(=O)c1ccco1)c1cccs1. The van der Waals surface area contributed by atoms with E-state index in [4.69, 9.17) is 4.42 Å². The van der Waals surface area contributed by atoms with E-state index < -0.39 is 11.8 Å². The van der Waals surface area contributed by atoms with Gasteiger partial charge in [-0.1, -0.05) is 19.9 Å². The van der Waals surface area contributed by atoms with Gasteiger partial charge in [0.25, 0.3) is 5.91 Å². The highest BCUT2D eigenvalue weighted by Crippen LogP contribution is 2.25. The number of hydrogen-bond acceptors (Lipinski definition) is 5. The molecule has 0 spiro atoms. The Morgan fingerprint density at radius 1 is 1.08 bits per heavy atom. The molecule has 134 valence electrons. The maximum atomic E-state index is 12.1. The van der Waals surface area contributed by atoms with Crippen LogP contribution in [-0.2, 0) is 9.59 Å². The predicted molar refractivity (Wildman–Crippen MR) is 94.1 cm³/mol. The van der Waals surface area contributed by atoms with Gasteiger partial charge in [0, 0.05) is 4.88 Å². The number of amides is 3. The van der Waals surface area contributed by atoms with Crippen molar-refractivity contribution in [2.75, 3.05) is 13.1 Å². The molecule has 0 aromatic carbocycles. The average Bonchev–Trinajstić information content (AvgIpc) is 3.28. The maximum absolute atomic E-state index is 12.1. The van der Waals surface area contributed by atoms with Crippen molar-refractivity contribution >= 4 is 29.1 Å². The quantitative estimate of drug-likeness (QED) is 0.664. The first-order valence-electron chi connectivity index (χ1n) is 7.88. The first-order chi connectivity index (χ1) is 12.0. The van der Waals surface area contributed by atoms with Crippen LogP contribution in [0.4, 0.5) is 0 Å². The van der Waals surface area contributed by atoms with E-state index in [2.05, 4.69) is 16.0 Å². The zero-order chi connectivity index (χ0) is 18.2. The van der Waals surface area contributed by atoms with E-state index in [0.29, 0.717) is 0 Å². The van der Waals surface area contributed by atoms with E-state index in [1.807, 2.05) is 31.4 Å². The first kappa shape index (κ1) is 18.7. The summed E-state index contributed by atoms with van der Waals surface area (Å²) < 4.78 is 4.92. The van der Waals surface area contributed by atoms with Crippen LogP contribution in [0.25, 0.3) is 0 Å². The van der Waals surface area contributed by atoms with Gasteiger partial charge in [0.05, 0.1) is 25.4 Å². The van der Waals surface area contributed by atoms with Gasteiger partial charge in [-0.25, -0.2) is 0 Å². The summed E-state index contributed by atoms with van der Waals surface area (Å²) in [6.07, 6.45) is 1.37. The number of nitrogens with one attached hydrogen (secondary N) is 3. The van der Waals surface area contributed by atoms with Gasteiger partial charge in [-0.15, -0.1) is 11.3 Å². The summed E-state index contributed by atoms with van der Waals surface area (Å²) in [5.74, 6) is -0.862. The molecule has 3 amide bonds. The monoisotopic (exact) mass is 363 g/mol. The highest BCUT2D eigenvalue weighted by Gasteiger charge is 2.19. The fraction of sp³-hybridized carbons (Fsp3) is 0.353. The van der Waals surface area contributed by atoms with Crippen LogP contribution in [0, 0.1) is 5.92 Å². The Morgan fingerprint density at radius 2 is 1.84 bits per heavy atom. The molecular formula is C17H21N3O4S. The van der Waals surface area contributed by atoms with E-state index in [1.165, 1.54) is 12.3 Å². The highest BCUT2D eigenvalue weighted by atomic mass is 32.1. The summed E-state index contributed by atoms with van der Waals surface area (Å²) in [6.45, 7) is 3.66. The average molecular weight is 363 g/mol. The van der Waals surface area contributed by atoms with Crippen LogP contribution in [0.3, 0.4) is 0 Å². The normalized spacial score (nSPS) is 11.8. The van der Waals surface area contributed by atoms with Crippen molar-refractivity contribution in [2.24, 2.45) is 5.92 Å². The Kier molecular flexibility index (Phi) is 6.76. The Hall–Kier alpha value is -2.61. The molecule has 0 aliphatic carbocycles. The van der Waals surface area contributed by atoms with Crippen molar-refractivity contribution in [1.82, 2.24) is 16.0 Å². The Bertz CT molecular complexity index is 696. The first-order valence-corrected chi connectivity index (χ1v) is 8.76. The third-order valence-corrected chi connectivity index (χ3v) is 4.39. The van der Waals surface area contributed by atoms with Crippen LogP contribution in [-0.4, -0.2) is 30.8 Å². The van der Waals surface area contributed by atoms with Gasteiger partial charge in [0.2, 0.25) is 11.8 Å². The minimum atomic E-state index is -0.484. The maximum Gasteiger partial charge on any atom is 0.287 e. The summed E-state index contributed by atoms with van der Waals surface area (Å²) in [5, 5.41) is 9.77. The smallest absolute Gasteiger partial charge is 0.287 e. The summed E-state index contributed by atoms with van der Waals surface area (Å²) >= 11 is 1.58. The van der Waals surface area contributed by atoms with Gasteiger partial charge in [-0.2, -0.15) is 0 Å². The molecule has 7 nitrogen and oxygen atoms in total. The van der Waals surface area contributed by atoms with Crippen LogP contribution in [0.15, 0.2) is 40.3 Å². The summed E-state index contributed by atoms with van der Waals surface area (Å²) in [4.78, 5) is 36.5. The molecule has 2 aromatic heterocycles. The molecule has 0 radical (unpaired) electrons. The fourth-order valence-corrected chi connectivity index (χ4v) is 3.10. The molecule has 0 bridgehead atoms. The lowest BCUT2D eigenvalue weighted by atomic mass is 10.0. The molecule has 0 saturated heterocycles. The molecule has 0 aliphatic heterocycles. The number of furan rings is 1. The zero-order valence-corrected chi connectivity index (χ0v) is 14.9. The van der Waals surface area contributed by atoms with E-state index in [0.717, 1.165) is 4.88 Å². The molecule has 0 unspecified atom stereocenters. The van der Waals surface area contributed by atoms with Crippen molar-refractivity contribution < 1.29 is 18.8 Å². The van der Waals surface area contributed by atoms with Crippen molar-refractivity contribution in [3.8, 4) is 0 Å². The lowest BCUT2D eigenvalue weighted by Crippen LogP contribution is -2.43. The number of hydrogen-bond donors (Lipinski definition) is 3. The van der Waals surface area contributed by atoms with E-state index >= 15 is 0 Å². The zero-order valence-electron chi connectivity index (χ0n) is 14.1. The van der Waals surface area contributed by atoms with Gasteiger partial charge in [-0.05, 0) is 29.5 Å². The second-order valence-electron chi connectivity index (χ2n) is 5.74. The second kappa shape index (κ2) is 9.03. The molecular weight excluding hydrogens is 342 g/mol.